The highest BCUT2D eigenvalue weighted by atomic mass is 16.4. The third kappa shape index (κ3) is 1.65. The zero-order valence-corrected chi connectivity index (χ0v) is 7.35. The van der Waals surface area contributed by atoms with Gasteiger partial charge in [0.15, 0.2) is 0 Å². The van der Waals surface area contributed by atoms with Crippen LogP contribution in [0.5, 0.6) is 0 Å². The van der Waals surface area contributed by atoms with Crippen molar-refractivity contribution in [2.45, 2.75) is 19.4 Å². The molecule has 1 atom stereocenters. The van der Waals surface area contributed by atoms with Gasteiger partial charge in [0, 0.05) is 12.4 Å². The van der Waals surface area contributed by atoms with Gasteiger partial charge in [0.05, 0.1) is 5.69 Å². The summed E-state index contributed by atoms with van der Waals surface area (Å²) in [6.07, 6.45) is 2.79. The Morgan fingerprint density at radius 3 is 2.46 bits per heavy atom. The lowest BCUT2D eigenvalue weighted by molar-refractivity contribution is -0.158. The summed E-state index contributed by atoms with van der Waals surface area (Å²) in [6.45, 7) is 2.77. The molecule has 0 aliphatic heterocycles. The largest absolute Gasteiger partial charge is 0.479 e. The van der Waals surface area contributed by atoms with E-state index in [9.17, 15) is 9.90 Å². The van der Waals surface area contributed by atoms with E-state index in [1.165, 1.54) is 19.3 Å². The lowest BCUT2D eigenvalue weighted by atomic mass is 10.0. The van der Waals surface area contributed by atoms with Crippen molar-refractivity contribution in [1.29, 1.82) is 0 Å². The summed E-state index contributed by atoms with van der Waals surface area (Å²) in [6, 6.07) is 0. The van der Waals surface area contributed by atoms with Crippen molar-refractivity contribution < 1.29 is 15.0 Å². The van der Waals surface area contributed by atoms with Crippen LogP contribution in [0.1, 0.15) is 18.3 Å². The molecule has 1 unspecified atom stereocenters. The van der Waals surface area contributed by atoms with Crippen molar-refractivity contribution in [2.75, 3.05) is 0 Å². The average molecular weight is 182 g/mol. The first-order chi connectivity index (χ1) is 5.96. The molecule has 70 valence electrons. The van der Waals surface area contributed by atoms with Crippen molar-refractivity contribution in [3.05, 3.63) is 23.8 Å². The van der Waals surface area contributed by atoms with Crippen molar-refractivity contribution in [2.24, 2.45) is 0 Å². The second-order valence-electron chi connectivity index (χ2n) is 2.87. The Morgan fingerprint density at radius 1 is 1.46 bits per heavy atom. The van der Waals surface area contributed by atoms with Crippen molar-refractivity contribution >= 4 is 5.97 Å². The summed E-state index contributed by atoms with van der Waals surface area (Å²) >= 11 is 0. The zero-order valence-electron chi connectivity index (χ0n) is 7.35. The molecule has 13 heavy (non-hydrogen) atoms. The maximum Gasteiger partial charge on any atom is 0.341 e. The molecule has 1 aromatic rings. The van der Waals surface area contributed by atoms with E-state index in [0.717, 1.165) is 0 Å². The molecule has 0 amide bonds. The molecule has 5 nitrogen and oxygen atoms in total. The number of carboxylic acids is 1. The molecule has 1 rings (SSSR count). The molecule has 0 saturated carbocycles. The van der Waals surface area contributed by atoms with Crippen LogP contribution in [-0.2, 0) is 10.4 Å². The fourth-order valence-electron chi connectivity index (χ4n) is 0.987. The fourth-order valence-corrected chi connectivity index (χ4v) is 0.987. The Balaban J connectivity index is 3.22. The molecule has 2 N–H and O–H groups in total. The van der Waals surface area contributed by atoms with Crippen molar-refractivity contribution in [1.82, 2.24) is 9.97 Å². The van der Waals surface area contributed by atoms with Gasteiger partial charge in [-0.2, -0.15) is 0 Å². The van der Waals surface area contributed by atoms with Crippen LogP contribution in [0.4, 0.5) is 0 Å². The van der Waals surface area contributed by atoms with Crippen LogP contribution in [0.15, 0.2) is 12.4 Å². The van der Waals surface area contributed by atoms with Gasteiger partial charge in [-0.1, -0.05) is 0 Å². The predicted octanol–water partition coefficient (Wildman–Crippen LogP) is 0.0771. The minimum absolute atomic E-state index is 0.0718. The summed E-state index contributed by atoms with van der Waals surface area (Å²) in [5.74, 6) is -1.34. The molecule has 0 radical (unpaired) electrons. The lowest BCUT2D eigenvalue weighted by Gasteiger charge is -2.17. The van der Waals surface area contributed by atoms with E-state index in [2.05, 4.69) is 9.97 Å². The molecule has 1 aromatic heterocycles. The van der Waals surface area contributed by atoms with Crippen LogP contribution >= 0.6 is 0 Å². The molecule has 5 heteroatoms. The molecule has 0 saturated heterocycles. The van der Waals surface area contributed by atoms with E-state index in [0.29, 0.717) is 5.69 Å². The highest BCUT2D eigenvalue weighted by Gasteiger charge is 2.35. The molecular weight excluding hydrogens is 172 g/mol. The standard InChI is InChI=1S/C8H10N2O3/c1-5-6(10-4-3-9-5)8(2,13)7(11)12/h3-4,13H,1-2H3,(H,11,12). The normalized spacial score (nSPS) is 15.0. The minimum atomic E-state index is -1.97. The Labute approximate surface area is 75.1 Å². The number of aliphatic hydroxyl groups is 1. The summed E-state index contributed by atoms with van der Waals surface area (Å²) in [7, 11) is 0. The van der Waals surface area contributed by atoms with Gasteiger partial charge in [-0.3, -0.25) is 9.97 Å². The Bertz CT molecular complexity index is 336. The second kappa shape index (κ2) is 3.10. The van der Waals surface area contributed by atoms with Crippen LogP contribution < -0.4 is 0 Å². The maximum absolute atomic E-state index is 10.7. The van der Waals surface area contributed by atoms with E-state index < -0.39 is 11.6 Å². The van der Waals surface area contributed by atoms with Crippen molar-refractivity contribution in [3.8, 4) is 0 Å². The highest BCUT2D eigenvalue weighted by Crippen LogP contribution is 2.19. The van der Waals surface area contributed by atoms with Crippen LogP contribution in [0.2, 0.25) is 0 Å². The van der Waals surface area contributed by atoms with Crippen LogP contribution in [0, 0.1) is 6.92 Å². The second-order valence-corrected chi connectivity index (χ2v) is 2.87. The smallest absolute Gasteiger partial charge is 0.341 e. The lowest BCUT2D eigenvalue weighted by Crippen LogP contribution is -2.34. The van der Waals surface area contributed by atoms with E-state index in [4.69, 9.17) is 5.11 Å². The Morgan fingerprint density at radius 2 is 2.00 bits per heavy atom. The van der Waals surface area contributed by atoms with Crippen LogP contribution in [-0.4, -0.2) is 26.2 Å². The SMILES string of the molecule is Cc1nccnc1C(C)(O)C(=O)O. The van der Waals surface area contributed by atoms with E-state index in [1.807, 2.05) is 0 Å². The molecule has 0 spiro atoms. The van der Waals surface area contributed by atoms with E-state index >= 15 is 0 Å². The van der Waals surface area contributed by atoms with Gasteiger partial charge in [0.1, 0.15) is 5.69 Å². The first kappa shape index (κ1) is 9.60. The van der Waals surface area contributed by atoms with E-state index in [-0.39, 0.29) is 5.69 Å². The number of carbonyl (C=O) groups is 1. The third-order valence-electron chi connectivity index (χ3n) is 1.76. The first-order valence-corrected chi connectivity index (χ1v) is 3.70. The molecule has 0 aliphatic rings. The summed E-state index contributed by atoms with van der Waals surface area (Å²) < 4.78 is 0. The third-order valence-corrected chi connectivity index (χ3v) is 1.76. The van der Waals surface area contributed by atoms with E-state index in [1.54, 1.807) is 6.92 Å². The Hall–Kier alpha value is -1.49. The first-order valence-electron chi connectivity index (χ1n) is 3.70. The minimum Gasteiger partial charge on any atom is -0.479 e. The Kier molecular flexibility index (Phi) is 2.29. The molecule has 0 fully saturated rings. The summed E-state index contributed by atoms with van der Waals surface area (Å²) in [5, 5.41) is 18.2. The molecule has 0 aliphatic carbocycles. The van der Waals surface area contributed by atoms with Gasteiger partial charge in [0.25, 0.3) is 0 Å². The quantitative estimate of drug-likeness (QED) is 0.676. The van der Waals surface area contributed by atoms with Crippen molar-refractivity contribution in [3.63, 3.8) is 0 Å². The molecular formula is C8H10N2O3. The number of aromatic nitrogens is 2. The van der Waals surface area contributed by atoms with Gasteiger partial charge < -0.3 is 10.2 Å². The number of hydrogen-bond donors (Lipinski definition) is 2. The number of aliphatic carboxylic acids is 1. The molecule has 0 bridgehead atoms. The topological polar surface area (TPSA) is 83.3 Å². The zero-order chi connectivity index (χ0) is 10.1. The summed E-state index contributed by atoms with van der Waals surface area (Å²) in [5.41, 5.74) is -1.49. The number of rotatable bonds is 2. The monoisotopic (exact) mass is 182 g/mol. The number of hydrogen-bond acceptors (Lipinski definition) is 4. The number of aryl methyl sites for hydroxylation is 1. The number of carboxylic acid groups (broad SMARTS) is 1. The molecule has 0 aromatic carbocycles. The maximum atomic E-state index is 10.7. The van der Waals surface area contributed by atoms with Gasteiger partial charge in [-0.15, -0.1) is 0 Å². The predicted molar refractivity (Wildman–Crippen MR) is 44.0 cm³/mol. The fraction of sp³-hybridized carbons (Fsp3) is 0.375. The number of nitrogens with zero attached hydrogens (tertiary/aromatic N) is 2. The van der Waals surface area contributed by atoms with Gasteiger partial charge in [0.2, 0.25) is 5.60 Å². The van der Waals surface area contributed by atoms with Gasteiger partial charge in [-0.05, 0) is 13.8 Å². The van der Waals surface area contributed by atoms with Crippen LogP contribution in [0.25, 0.3) is 0 Å². The molecule has 1 heterocycles. The summed E-state index contributed by atoms with van der Waals surface area (Å²) in [4.78, 5) is 18.3. The van der Waals surface area contributed by atoms with Gasteiger partial charge >= 0.3 is 5.97 Å². The average Bonchev–Trinajstić information content (AvgIpc) is 2.04. The highest BCUT2D eigenvalue weighted by molar-refractivity contribution is 5.78. The van der Waals surface area contributed by atoms with Crippen LogP contribution in [0.3, 0.4) is 0 Å². The van der Waals surface area contributed by atoms with Gasteiger partial charge in [-0.25, -0.2) is 4.79 Å².